The summed E-state index contributed by atoms with van der Waals surface area (Å²) in [5.41, 5.74) is 0. The summed E-state index contributed by atoms with van der Waals surface area (Å²) in [5.74, 6) is 2.20. The average molecular weight is 275 g/mol. The lowest BCUT2D eigenvalue weighted by atomic mass is 9.75. The minimum absolute atomic E-state index is 0.0942. The maximum atomic E-state index is 6.34. The van der Waals surface area contributed by atoms with Gasteiger partial charge in [-0.1, -0.05) is 27.2 Å². The molecule has 0 aromatic carbocycles. The second kappa shape index (κ2) is 6.11. The second-order valence-electron chi connectivity index (χ2n) is 6.49. The Morgan fingerprint density at radius 1 is 1.11 bits per heavy atom. The molecule has 0 amide bonds. The van der Waals surface area contributed by atoms with Gasteiger partial charge < -0.3 is 9.47 Å². The largest absolute Gasteiger partial charge is 0.377 e. The summed E-state index contributed by atoms with van der Waals surface area (Å²) in [7, 11) is 1.74. The van der Waals surface area contributed by atoms with E-state index in [1.165, 1.54) is 19.3 Å². The predicted molar refractivity (Wildman–Crippen MR) is 75.1 cm³/mol. The van der Waals surface area contributed by atoms with Crippen molar-refractivity contribution in [1.82, 2.24) is 0 Å². The van der Waals surface area contributed by atoms with E-state index in [1.54, 1.807) is 7.11 Å². The smallest absolute Gasteiger partial charge is 0.0997 e. The number of halogens is 1. The van der Waals surface area contributed by atoms with Crippen LogP contribution in [0.5, 0.6) is 0 Å². The van der Waals surface area contributed by atoms with Gasteiger partial charge in [-0.05, 0) is 37.0 Å². The van der Waals surface area contributed by atoms with E-state index in [9.17, 15) is 0 Å². The van der Waals surface area contributed by atoms with Crippen LogP contribution in [0, 0.1) is 17.8 Å². The maximum Gasteiger partial charge on any atom is 0.0997 e. The van der Waals surface area contributed by atoms with Crippen LogP contribution < -0.4 is 0 Å². The standard InChI is InChI=1S/C15H27ClO2/c1-9(2)11-6-5-10(3)7-13(11)18-14-8-12(16)15(14)17-4/h9-15H,5-8H2,1-4H3. The van der Waals surface area contributed by atoms with Gasteiger partial charge in [0.25, 0.3) is 0 Å². The number of hydrogen-bond donors (Lipinski definition) is 0. The van der Waals surface area contributed by atoms with E-state index in [-0.39, 0.29) is 17.6 Å². The molecule has 6 unspecified atom stereocenters. The Morgan fingerprint density at radius 2 is 1.83 bits per heavy atom. The van der Waals surface area contributed by atoms with E-state index in [1.807, 2.05) is 0 Å². The van der Waals surface area contributed by atoms with Crippen molar-refractivity contribution < 1.29 is 9.47 Å². The van der Waals surface area contributed by atoms with Crippen LogP contribution in [0.15, 0.2) is 0 Å². The van der Waals surface area contributed by atoms with Gasteiger partial charge in [0.1, 0.15) is 0 Å². The van der Waals surface area contributed by atoms with Gasteiger partial charge in [0.15, 0.2) is 0 Å². The summed E-state index contributed by atoms with van der Waals surface area (Å²) < 4.78 is 11.8. The molecule has 2 aliphatic rings. The Hall–Kier alpha value is 0.210. The normalized spacial score (nSPS) is 45.0. The zero-order valence-corrected chi connectivity index (χ0v) is 12.8. The predicted octanol–water partition coefficient (Wildman–Crippen LogP) is 3.86. The highest BCUT2D eigenvalue weighted by Crippen LogP contribution is 2.39. The number of rotatable bonds is 4. The molecule has 0 heterocycles. The summed E-state index contributed by atoms with van der Waals surface area (Å²) in [6.45, 7) is 6.97. The highest BCUT2D eigenvalue weighted by atomic mass is 35.5. The topological polar surface area (TPSA) is 18.5 Å². The maximum absolute atomic E-state index is 6.34. The summed E-state index contributed by atoms with van der Waals surface area (Å²) in [4.78, 5) is 0. The molecule has 106 valence electrons. The van der Waals surface area contributed by atoms with Crippen molar-refractivity contribution in [2.24, 2.45) is 17.8 Å². The molecule has 2 rings (SSSR count). The molecule has 0 aliphatic heterocycles. The van der Waals surface area contributed by atoms with Crippen LogP contribution in [0.4, 0.5) is 0 Å². The van der Waals surface area contributed by atoms with Gasteiger partial charge in [-0.3, -0.25) is 0 Å². The van der Waals surface area contributed by atoms with Crippen LogP contribution in [0.25, 0.3) is 0 Å². The molecule has 0 spiro atoms. The van der Waals surface area contributed by atoms with Crippen LogP contribution in [0.2, 0.25) is 0 Å². The first-order chi connectivity index (χ1) is 8.52. The van der Waals surface area contributed by atoms with Gasteiger partial charge in [-0.2, -0.15) is 0 Å². The first kappa shape index (κ1) is 14.6. The first-order valence-corrected chi connectivity index (χ1v) is 7.78. The van der Waals surface area contributed by atoms with Crippen molar-refractivity contribution >= 4 is 11.6 Å². The van der Waals surface area contributed by atoms with E-state index in [0.29, 0.717) is 17.9 Å². The Kier molecular flexibility index (Phi) is 4.96. The quantitative estimate of drug-likeness (QED) is 0.725. The third-order valence-electron chi connectivity index (χ3n) is 4.76. The zero-order chi connectivity index (χ0) is 13.3. The lowest BCUT2D eigenvalue weighted by Gasteiger charge is -2.45. The van der Waals surface area contributed by atoms with Crippen molar-refractivity contribution in [2.45, 2.75) is 70.1 Å². The van der Waals surface area contributed by atoms with Crippen LogP contribution in [-0.2, 0) is 9.47 Å². The van der Waals surface area contributed by atoms with Crippen molar-refractivity contribution in [3.63, 3.8) is 0 Å². The van der Waals surface area contributed by atoms with Crippen LogP contribution >= 0.6 is 11.6 Å². The third-order valence-corrected chi connectivity index (χ3v) is 5.19. The van der Waals surface area contributed by atoms with Crippen molar-refractivity contribution in [1.29, 1.82) is 0 Å². The fraction of sp³-hybridized carbons (Fsp3) is 1.00. The molecule has 18 heavy (non-hydrogen) atoms. The van der Waals surface area contributed by atoms with Gasteiger partial charge in [0, 0.05) is 7.11 Å². The molecule has 0 aromatic heterocycles. The van der Waals surface area contributed by atoms with E-state index in [4.69, 9.17) is 21.1 Å². The molecule has 0 N–H and O–H groups in total. The minimum Gasteiger partial charge on any atom is -0.377 e. The monoisotopic (exact) mass is 274 g/mol. The fourth-order valence-electron chi connectivity index (χ4n) is 3.46. The molecule has 2 nitrogen and oxygen atoms in total. The fourth-order valence-corrected chi connectivity index (χ4v) is 3.90. The summed E-state index contributed by atoms with van der Waals surface area (Å²) in [6.07, 6.45) is 5.50. The molecule has 2 aliphatic carbocycles. The molecule has 0 aromatic rings. The molecule has 3 heteroatoms. The van der Waals surface area contributed by atoms with Gasteiger partial charge in [0.05, 0.1) is 23.7 Å². The van der Waals surface area contributed by atoms with Crippen molar-refractivity contribution in [3.8, 4) is 0 Å². The average Bonchev–Trinajstić information content (AvgIpc) is 2.28. The third kappa shape index (κ3) is 3.02. The molecule has 2 fully saturated rings. The number of hydrogen-bond acceptors (Lipinski definition) is 2. The number of methoxy groups -OCH3 is 1. The summed E-state index contributed by atoms with van der Waals surface area (Å²) >= 11 is 6.15. The van der Waals surface area contributed by atoms with E-state index < -0.39 is 0 Å². The molecule has 0 saturated heterocycles. The van der Waals surface area contributed by atoms with E-state index in [0.717, 1.165) is 12.3 Å². The highest BCUT2D eigenvalue weighted by Gasteiger charge is 2.44. The van der Waals surface area contributed by atoms with E-state index >= 15 is 0 Å². The van der Waals surface area contributed by atoms with Gasteiger partial charge >= 0.3 is 0 Å². The molecule has 2 saturated carbocycles. The van der Waals surface area contributed by atoms with Crippen LogP contribution in [0.1, 0.15) is 46.5 Å². The SMILES string of the molecule is COC1C(Cl)CC1OC1CC(C)CCC1C(C)C. The minimum atomic E-state index is 0.0942. The van der Waals surface area contributed by atoms with Gasteiger partial charge in [0.2, 0.25) is 0 Å². The first-order valence-electron chi connectivity index (χ1n) is 7.35. The molecule has 6 atom stereocenters. The molecule has 0 radical (unpaired) electrons. The molecule has 0 bridgehead atoms. The van der Waals surface area contributed by atoms with Gasteiger partial charge in [-0.15, -0.1) is 11.6 Å². The van der Waals surface area contributed by atoms with Crippen molar-refractivity contribution in [3.05, 3.63) is 0 Å². The van der Waals surface area contributed by atoms with Crippen molar-refractivity contribution in [2.75, 3.05) is 7.11 Å². The second-order valence-corrected chi connectivity index (χ2v) is 7.05. The number of ether oxygens (including phenoxy) is 2. The Balaban J connectivity index is 1.92. The molecular weight excluding hydrogens is 248 g/mol. The Morgan fingerprint density at radius 3 is 2.39 bits per heavy atom. The lowest BCUT2D eigenvalue weighted by Crippen LogP contribution is -2.53. The Labute approximate surface area is 116 Å². The molecular formula is C15H27ClO2. The highest BCUT2D eigenvalue weighted by molar-refractivity contribution is 6.21. The van der Waals surface area contributed by atoms with E-state index in [2.05, 4.69) is 20.8 Å². The zero-order valence-electron chi connectivity index (χ0n) is 12.1. The summed E-state index contributed by atoms with van der Waals surface area (Å²) in [6, 6.07) is 0. The summed E-state index contributed by atoms with van der Waals surface area (Å²) in [5, 5.41) is 0.138. The van der Waals surface area contributed by atoms with Crippen LogP contribution in [-0.4, -0.2) is 30.8 Å². The lowest BCUT2D eigenvalue weighted by molar-refractivity contribution is -0.164. The van der Waals surface area contributed by atoms with Crippen LogP contribution in [0.3, 0.4) is 0 Å². The van der Waals surface area contributed by atoms with Gasteiger partial charge in [-0.25, -0.2) is 0 Å². The Bertz CT molecular complexity index is 269. The number of alkyl halides is 1.